The maximum atomic E-state index is 15.1. The molecule has 0 bridgehead atoms. The quantitative estimate of drug-likeness (QED) is 0.173. The summed E-state index contributed by atoms with van der Waals surface area (Å²) in [6.07, 6.45) is 3.02. The first-order valence-corrected chi connectivity index (χ1v) is 13.0. The Morgan fingerprint density at radius 1 is 0.500 bits per heavy atom. The fourth-order valence-corrected chi connectivity index (χ4v) is 4.42. The Hall–Kier alpha value is -5.63. The average molecular weight is 562 g/mol. The number of aromatic nitrogens is 2. The van der Waals surface area contributed by atoms with E-state index >= 15 is 4.39 Å². The standard InChI is InChI=1S/C34H22F3N3O2/c35-32-28(29-15-7-9-17-38-29)22-30(33(36)34(32)37)41-26-19-25(20-27(21-26)42-31-16-8-10-18-39-31)40(23-11-3-1-4-12-23)24-13-5-2-6-14-24/h1-22H. The van der Waals surface area contributed by atoms with Crippen molar-refractivity contribution in [1.29, 1.82) is 0 Å². The number of rotatable bonds is 8. The van der Waals surface area contributed by atoms with Gasteiger partial charge in [0.05, 0.1) is 11.4 Å². The molecule has 0 spiro atoms. The number of hydrogen-bond donors (Lipinski definition) is 0. The van der Waals surface area contributed by atoms with E-state index in [9.17, 15) is 8.78 Å². The molecule has 0 aliphatic carbocycles. The van der Waals surface area contributed by atoms with Crippen LogP contribution in [0.3, 0.4) is 0 Å². The van der Waals surface area contributed by atoms with Gasteiger partial charge in [-0.3, -0.25) is 4.98 Å². The normalized spacial score (nSPS) is 10.7. The topological polar surface area (TPSA) is 47.5 Å². The Morgan fingerprint density at radius 3 is 1.69 bits per heavy atom. The van der Waals surface area contributed by atoms with Crippen molar-refractivity contribution in [3.8, 4) is 34.4 Å². The fraction of sp³-hybridized carbons (Fsp3) is 0. The van der Waals surface area contributed by atoms with Crippen LogP contribution in [0.1, 0.15) is 0 Å². The second-order valence-corrected chi connectivity index (χ2v) is 9.12. The molecule has 2 heterocycles. The second-order valence-electron chi connectivity index (χ2n) is 9.12. The van der Waals surface area contributed by atoms with Gasteiger partial charge in [-0.1, -0.05) is 48.5 Å². The first kappa shape index (κ1) is 26.6. The summed E-state index contributed by atoms with van der Waals surface area (Å²) in [5.74, 6) is -4.23. The van der Waals surface area contributed by atoms with Crippen molar-refractivity contribution in [2.45, 2.75) is 0 Å². The van der Waals surface area contributed by atoms with Crippen molar-refractivity contribution in [2.24, 2.45) is 0 Å². The van der Waals surface area contributed by atoms with E-state index in [1.54, 1.807) is 48.7 Å². The molecule has 0 saturated heterocycles. The van der Waals surface area contributed by atoms with Crippen molar-refractivity contribution in [3.63, 3.8) is 0 Å². The van der Waals surface area contributed by atoms with Gasteiger partial charge in [-0.2, -0.15) is 4.39 Å². The molecule has 42 heavy (non-hydrogen) atoms. The minimum absolute atomic E-state index is 0.118. The summed E-state index contributed by atoms with van der Waals surface area (Å²) in [6.45, 7) is 0. The minimum Gasteiger partial charge on any atom is -0.454 e. The lowest BCUT2D eigenvalue weighted by Crippen LogP contribution is -2.10. The third-order valence-electron chi connectivity index (χ3n) is 6.29. The molecule has 0 saturated carbocycles. The van der Waals surface area contributed by atoms with Crippen molar-refractivity contribution in [3.05, 3.63) is 151 Å². The first-order valence-electron chi connectivity index (χ1n) is 13.0. The molecule has 4 aromatic carbocycles. The van der Waals surface area contributed by atoms with Gasteiger partial charge in [0.15, 0.2) is 17.4 Å². The molecule has 0 N–H and O–H groups in total. The molecule has 0 aliphatic heterocycles. The molecule has 8 heteroatoms. The van der Waals surface area contributed by atoms with Crippen LogP contribution < -0.4 is 14.4 Å². The highest BCUT2D eigenvalue weighted by Gasteiger charge is 2.23. The first-order chi connectivity index (χ1) is 20.6. The molecule has 6 aromatic rings. The third-order valence-corrected chi connectivity index (χ3v) is 6.29. The number of nitrogens with zero attached hydrogens (tertiary/aromatic N) is 3. The average Bonchev–Trinajstić information content (AvgIpc) is 3.03. The van der Waals surface area contributed by atoms with Gasteiger partial charge in [-0.25, -0.2) is 13.8 Å². The number of para-hydroxylation sites is 2. The van der Waals surface area contributed by atoms with E-state index in [0.717, 1.165) is 17.4 Å². The van der Waals surface area contributed by atoms with Crippen molar-refractivity contribution in [1.82, 2.24) is 9.97 Å². The third kappa shape index (κ3) is 5.64. The Balaban J connectivity index is 1.49. The summed E-state index contributed by atoms with van der Waals surface area (Å²) in [4.78, 5) is 10.3. The summed E-state index contributed by atoms with van der Waals surface area (Å²) >= 11 is 0. The van der Waals surface area contributed by atoms with Gasteiger partial charge in [0, 0.05) is 53.6 Å². The van der Waals surface area contributed by atoms with Gasteiger partial charge in [-0.15, -0.1) is 0 Å². The van der Waals surface area contributed by atoms with Crippen LogP contribution in [0.15, 0.2) is 134 Å². The number of halogens is 3. The van der Waals surface area contributed by atoms with Gasteiger partial charge in [0.25, 0.3) is 0 Å². The van der Waals surface area contributed by atoms with E-state index in [2.05, 4.69) is 9.97 Å². The highest BCUT2D eigenvalue weighted by atomic mass is 19.2. The maximum Gasteiger partial charge on any atom is 0.219 e. The minimum atomic E-state index is -1.66. The van der Waals surface area contributed by atoms with Crippen LogP contribution in [-0.2, 0) is 0 Å². The van der Waals surface area contributed by atoms with Gasteiger partial charge in [0.2, 0.25) is 11.7 Å². The van der Waals surface area contributed by atoms with E-state index in [1.807, 2.05) is 65.6 Å². The zero-order valence-electron chi connectivity index (χ0n) is 22.0. The lowest BCUT2D eigenvalue weighted by molar-refractivity contribution is 0.393. The number of benzene rings is 4. The van der Waals surface area contributed by atoms with E-state index in [0.29, 0.717) is 17.3 Å². The van der Waals surface area contributed by atoms with Gasteiger partial charge in [-0.05, 0) is 48.5 Å². The molecule has 0 atom stereocenters. The van der Waals surface area contributed by atoms with E-state index < -0.39 is 23.2 Å². The summed E-state index contributed by atoms with van der Waals surface area (Å²) in [6, 6.07) is 35.2. The lowest BCUT2D eigenvalue weighted by Gasteiger charge is -2.26. The predicted molar refractivity (Wildman–Crippen MR) is 155 cm³/mol. The molecule has 0 fully saturated rings. The molecule has 0 unspecified atom stereocenters. The molecule has 0 radical (unpaired) electrons. The van der Waals surface area contributed by atoms with Crippen molar-refractivity contribution >= 4 is 17.1 Å². The maximum absolute atomic E-state index is 15.1. The van der Waals surface area contributed by atoms with Crippen LogP contribution >= 0.6 is 0 Å². The Bertz CT molecular complexity index is 1770. The largest absolute Gasteiger partial charge is 0.454 e. The molecule has 0 aliphatic rings. The summed E-state index contributed by atoms with van der Waals surface area (Å²) < 4.78 is 56.5. The van der Waals surface area contributed by atoms with Crippen LogP contribution in [0.25, 0.3) is 11.3 Å². The lowest BCUT2D eigenvalue weighted by atomic mass is 10.1. The summed E-state index contributed by atoms with van der Waals surface area (Å²) in [7, 11) is 0. The molecule has 206 valence electrons. The number of anilines is 3. The van der Waals surface area contributed by atoms with Crippen LogP contribution in [0.2, 0.25) is 0 Å². The SMILES string of the molecule is Fc1c(Oc2cc(Oc3ccccn3)cc(N(c3ccccc3)c3ccccc3)c2)cc(-c2ccccn2)c(F)c1F. The van der Waals surface area contributed by atoms with Gasteiger partial charge >= 0.3 is 0 Å². The van der Waals surface area contributed by atoms with E-state index in [1.165, 1.54) is 18.3 Å². The molecule has 5 nitrogen and oxygen atoms in total. The van der Waals surface area contributed by atoms with Crippen LogP contribution in [0.4, 0.5) is 30.2 Å². The van der Waals surface area contributed by atoms with E-state index in [-0.39, 0.29) is 17.0 Å². The molecular formula is C34H22F3N3O2. The Morgan fingerprint density at radius 2 is 1.10 bits per heavy atom. The van der Waals surface area contributed by atoms with Crippen LogP contribution in [0, 0.1) is 17.5 Å². The Labute approximate surface area is 240 Å². The molecule has 6 rings (SSSR count). The number of pyridine rings is 2. The summed E-state index contributed by atoms with van der Waals surface area (Å²) in [5, 5.41) is 0. The summed E-state index contributed by atoms with van der Waals surface area (Å²) in [5.41, 5.74) is 2.16. The zero-order chi connectivity index (χ0) is 28.9. The molecule has 0 amide bonds. The number of ether oxygens (including phenoxy) is 2. The monoisotopic (exact) mass is 561 g/mol. The highest BCUT2D eigenvalue weighted by molar-refractivity contribution is 5.78. The smallest absolute Gasteiger partial charge is 0.219 e. The van der Waals surface area contributed by atoms with Crippen LogP contribution in [0.5, 0.6) is 23.1 Å². The van der Waals surface area contributed by atoms with Gasteiger partial charge < -0.3 is 14.4 Å². The van der Waals surface area contributed by atoms with Crippen molar-refractivity contribution < 1.29 is 22.6 Å². The molecule has 2 aromatic heterocycles. The number of hydrogen-bond acceptors (Lipinski definition) is 5. The second kappa shape index (κ2) is 11.9. The van der Waals surface area contributed by atoms with Gasteiger partial charge in [0.1, 0.15) is 11.5 Å². The van der Waals surface area contributed by atoms with Crippen molar-refractivity contribution in [2.75, 3.05) is 4.90 Å². The zero-order valence-corrected chi connectivity index (χ0v) is 22.0. The highest BCUT2D eigenvalue weighted by Crippen LogP contribution is 2.41. The fourth-order valence-electron chi connectivity index (χ4n) is 4.42. The van der Waals surface area contributed by atoms with Crippen LogP contribution in [-0.4, -0.2) is 9.97 Å². The Kier molecular flexibility index (Phi) is 7.50. The van der Waals surface area contributed by atoms with E-state index in [4.69, 9.17) is 9.47 Å². The molecular weight excluding hydrogens is 539 g/mol. The predicted octanol–water partition coefficient (Wildman–Crippen LogP) is 9.62.